The Labute approximate surface area is 71.7 Å². The minimum Gasteiger partial charge on any atom is -0.378 e. The second-order valence-electron chi connectivity index (χ2n) is 3.10. The monoisotopic (exact) mass is 177 g/mol. The van der Waals surface area contributed by atoms with Crippen molar-refractivity contribution in [2.24, 2.45) is 17.5 Å². The summed E-state index contributed by atoms with van der Waals surface area (Å²) in [5, 5.41) is 0. The highest BCUT2D eigenvalue weighted by molar-refractivity contribution is 4.66. The van der Waals surface area contributed by atoms with Gasteiger partial charge in [-0.25, -0.2) is 0 Å². The molecule has 0 bridgehead atoms. The lowest BCUT2D eigenvalue weighted by Crippen LogP contribution is -2.66. The van der Waals surface area contributed by atoms with Crippen molar-refractivity contribution in [3.63, 3.8) is 0 Å². The van der Waals surface area contributed by atoms with E-state index in [2.05, 4.69) is 0 Å². The van der Waals surface area contributed by atoms with Crippen molar-refractivity contribution < 1.29 is 14.3 Å². The third-order valence-electron chi connectivity index (χ3n) is 1.54. The quantitative estimate of drug-likeness (QED) is 0.146. The van der Waals surface area contributed by atoms with Crippen LogP contribution >= 0.6 is 0 Å². The van der Waals surface area contributed by atoms with Crippen molar-refractivity contribution >= 4 is 0 Å². The van der Waals surface area contributed by atoms with Gasteiger partial charge in [-0.3, -0.25) is 0 Å². The molecule has 1 aliphatic rings. The minimum absolute atomic E-state index is 0.317. The third kappa shape index (κ3) is 5.42. The molecule has 1 atom stereocenters. The van der Waals surface area contributed by atoms with Gasteiger partial charge >= 0.3 is 0 Å². The van der Waals surface area contributed by atoms with Crippen molar-refractivity contribution in [1.82, 2.24) is 0 Å². The predicted molar refractivity (Wildman–Crippen MR) is 42.9 cm³/mol. The van der Waals surface area contributed by atoms with Crippen molar-refractivity contribution in [2.75, 3.05) is 26.4 Å². The van der Waals surface area contributed by atoms with Gasteiger partial charge in [0, 0.05) is 6.42 Å². The van der Waals surface area contributed by atoms with Gasteiger partial charge < -0.3 is 9.47 Å². The van der Waals surface area contributed by atoms with Crippen LogP contribution in [0, 0.1) is 0 Å². The molecular formula is C6H17N4O2+. The number of hydrogen-bond donors (Lipinski definition) is 3. The Morgan fingerprint density at radius 3 is 2.58 bits per heavy atom. The van der Waals surface area contributed by atoms with Crippen molar-refractivity contribution in [3.8, 4) is 0 Å². The van der Waals surface area contributed by atoms with Crippen LogP contribution in [0.5, 0.6) is 0 Å². The fourth-order valence-corrected chi connectivity index (χ4v) is 0.820. The van der Waals surface area contributed by atoms with Crippen LogP contribution < -0.4 is 17.5 Å². The molecule has 0 amide bonds. The molecule has 6 heteroatoms. The SMILES string of the molecule is N[N+](N)(N)CCCOCC1CO1. The molecule has 0 aromatic carbocycles. The predicted octanol–water partition coefficient (Wildman–Crippen LogP) is -1.77. The van der Waals surface area contributed by atoms with Crippen molar-refractivity contribution in [1.29, 1.82) is 0 Å². The summed E-state index contributed by atoms with van der Waals surface area (Å²) >= 11 is 0. The van der Waals surface area contributed by atoms with Gasteiger partial charge in [-0.05, 0) is 0 Å². The highest BCUT2D eigenvalue weighted by Gasteiger charge is 2.22. The van der Waals surface area contributed by atoms with E-state index in [1.165, 1.54) is 0 Å². The number of quaternary nitrogens is 1. The summed E-state index contributed by atoms with van der Waals surface area (Å²) in [7, 11) is 0. The Morgan fingerprint density at radius 2 is 2.08 bits per heavy atom. The standard InChI is InChI=1S/C6H17N4O2/c7-10(8,9)2-1-3-11-4-6-5-12-6/h6H,1-5,7-9H2/q+1. The van der Waals surface area contributed by atoms with Crippen LogP contribution in [0.25, 0.3) is 0 Å². The van der Waals surface area contributed by atoms with Gasteiger partial charge in [0.25, 0.3) is 0 Å². The van der Waals surface area contributed by atoms with Gasteiger partial charge in [-0.1, -0.05) is 0 Å². The van der Waals surface area contributed by atoms with E-state index in [1.54, 1.807) is 0 Å². The second-order valence-corrected chi connectivity index (χ2v) is 3.10. The van der Waals surface area contributed by atoms with E-state index >= 15 is 0 Å². The maximum atomic E-state index is 5.30. The zero-order chi connectivity index (χ0) is 9.03. The molecule has 0 aromatic heterocycles. The lowest BCUT2D eigenvalue weighted by Gasteiger charge is -2.18. The zero-order valence-electron chi connectivity index (χ0n) is 7.11. The van der Waals surface area contributed by atoms with E-state index in [1.807, 2.05) is 0 Å². The summed E-state index contributed by atoms with van der Waals surface area (Å²) in [6, 6.07) is 0. The maximum Gasteiger partial charge on any atom is 0.136 e. The molecule has 0 aromatic rings. The van der Waals surface area contributed by atoms with Gasteiger partial charge in [-0.2, -0.15) is 0 Å². The first kappa shape index (κ1) is 9.85. The first-order valence-corrected chi connectivity index (χ1v) is 4.01. The Morgan fingerprint density at radius 1 is 1.42 bits per heavy atom. The third-order valence-corrected chi connectivity index (χ3v) is 1.54. The number of rotatable bonds is 6. The fraction of sp³-hybridized carbons (Fsp3) is 1.00. The smallest absolute Gasteiger partial charge is 0.136 e. The highest BCUT2D eigenvalue weighted by Crippen LogP contribution is 2.08. The number of epoxide rings is 1. The largest absolute Gasteiger partial charge is 0.378 e. The summed E-state index contributed by atoms with van der Waals surface area (Å²) < 4.78 is 10.2. The number of ether oxygens (including phenoxy) is 2. The summed E-state index contributed by atoms with van der Waals surface area (Å²) in [6.07, 6.45) is 1.08. The molecular weight excluding hydrogens is 160 g/mol. The molecule has 12 heavy (non-hydrogen) atoms. The first-order valence-electron chi connectivity index (χ1n) is 4.01. The molecule has 0 saturated carbocycles. The summed E-state index contributed by atoms with van der Waals surface area (Å²) in [5.41, 5.74) is 0. The van der Waals surface area contributed by atoms with Gasteiger partial charge in [-0.15, -0.1) is 22.3 Å². The zero-order valence-corrected chi connectivity index (χ0v) is 7.11. The average Bonchev–Trinajstić information content (AvgIpc) is 2.68. The van der Waals surface area contributed by atoms with E-state index in [-0.39, 0.29) is 0 Å². The van der Waals surface area contributed by atoms with E-state index in [9.17, 15) is 0 Å². The first-order chi connectivity index (χ1) is 5.58. The van der Waals surface area contributed by atoms with Gasteiger partial charge in [0.05, 0.1) is 19.8 Å². The van der Waals surface area contributed by atoms with E-state index in [0.717, 1.165) is 13.0 Å². The van der Waals surface area contributed by atoms with Crippen LogP contribution in [-0.2, 0) is 9.47 Å². The van der Waals surface area contributed by atoms with E-state index < -0.39 is 4.81 Å². The topological polar surface area (TPSA) is 99.8 Å². The normalized spacial score (nSPS) is 22.8. The van der Waals surface area contributed by atoms with Crippen LogP contribution in [0.3, 0.4) is 0 Å². The molecule has 1 heterocycles. The Bertz CT molecular complexity index is 132. The number of nitrogens with two attached hydrogens (primary N) is 3. The Kier molecular flexibility index (Phi) is 3.39. The number of nitrogens with zero attached hydrogens (tertiary/aromatic N) is 1. The molecule has 0 spiro atoms. The van der Waals surface area contributed by atoms with Crippen LogP contribution in [0.15, 0.2) is 0 Å². The van der Waals surface area contributed by atoms with Crippen LogP contribution in [0.2, 0.25) is 0 Å². The van der Waals surface area contributed by atoms with E-state index in [4.69, 9.17) is 27.0 Å². The van der Waals surface area contributed by atoms with Crippen LogP contribution in [0.4, 0.5) is 0 Å². The summed E-state index contributed by atoms with van der Waals surface area (Å²) in [4.78, 5) is -0.483. The lowest BCUT2D eigenvalue weighted by molar-refractivity contribution is -0.963. The maximum absolute atomic E-state index is 5.30. The van der Waals surface area contributed by atoms with E-state index in [0.29, 0.717) is 25.9 Å². The molecule has 6 N–H and O–H groups in total. The molecule has 6 nitrogen and oxygen atoms in total. The average molecular weight is 177 g/mol. The fourth-order valence-electron chi connectivity index (χ4n) is 0.820. The van der Waals surface area contributed by atoms with Gasteiger partial charge in [0.15, 0.2) is 0 Å². The minimum atomic E-state index is -0.483. The molecule has 1 fully saturated rings. The second kappa shape index (κ2) is 4.13. The summed E-state index contributed by atoms with van der Waals surface area (Å²) in [5.74, 6) is 15.9. The summed E-state index contributed by atoms with van der Waals surface area (Å²) in [6.45, 7) is 2.63. The van der Waals surface area contributed by atoms with Gasteiger partial charge in [0.1, 0.15) is 12.6 Å². The van der Waals surface area contributed by atoms with Crippen LogP contribution in [-0.4, -0.2) is 37.3 Å². The van der Waals surface area contributed by atoms with Crippen LogP contribution in [0.1, 0.15) is 6.42 Å². The molecule has 1 unspecified atom stereocenters. The molecule has 72 valence electrons. The van der Waals surface area contributed by atoms with Crippen molar-refractivity contribution in [3.05, 3.63) is 0 Å². The molecule has 1 saturated heterocycles. The lowest BCUT2D eigenvalue weighted by atomic mass is 10.4. The number of hydrogen-bond acceptors (Lipinski definition) is 5. The Hall–Kier alpha value is -0.240. The molecule has 1 aliphatic heterocycles. The molecule has 0 radical (unpaired) electrons. The van der Waals surface area contributed by atoms with Gasteiger partial charge in [0.2, 0.25) is 0 Å². The highest BCUT2D eigenvalue weighted by atomic mass is 16.6. The molecule has 1 rings (SSSR count). The Balaban J connectivity index is 1.82. The molecule has 0 aliphatic carbocycles. The van der Waals surface area contributed by atoms with Crippen molar-refractivity contribution in [2.45, 2.75) is 12.5 Å².